The van der Waals surface area contributed by atoms with Gasteiger partial charge in [0.25, 0.3) is 0 Å². The summed E-state index contributed by atoms with van der Waals surface area (Å²) < 4.78 is 13.4. The van der Waals surface area contributed by atoms with E-state index in [9.17, 15) is 9.18 Å². The SMILES string of the molecule is CC(C)CNC(=O)C(Br)Cc1ccccc1F. The number of carbonyl (C=O) groups excluding carboxylic acids is 1. The maximum absolute atomic E-state index is 13.4. The molecule has 1 atom stereocenters. The maximum Gasteiger partial charge on any atom is 0.234 e. The van der Waals surface area contributed by atoms with Crippen LogP contribution in [0.4, 0.5) is 4.39 Å². The Morgan fingerprint density at radius 1 is 1.41 bits per heavy atom. The van der Waals surface area contributed by atoms with Crippen molar-refractivity contribution in [2.45, 2.75) is 25.1 Å². The van der Waals surface area contributed by atoms with Gasteiger partial charge in [-0.1, -0.05) is 48.0 Å². The molecular formula is C13H17BrFNO. The summed E-state index contributed by atoms with van der Waals surface area (Å²) in [6, 6.07) is 6.51. The van der Waals surface area contributed by atoms with E-state index in [1.807, 2.05) is 13.8 Å². The van der Waals surface area contributed by atoms with Gasteiger partial charge in [0.05, 0.1) is 4.83 Å². The summed E-state index contributed by atoms with van der Waals surface area (Å²) in [5.74, 6) is 0.0441. The van der Waals surface area contributed by atoms with Gasteiger partial charge in [0.15, 0.2) is 0 Å². The molecule has 0 aromatic heterocycles. The zero-order valence-corrected chi connectivity index (χ0v) is 11.6. The number of benzene rings is 1. The summed E-state index contributed by atoms with van der Waals surface area (Å²) in [4.78, 5) is 11.3. The van der Waals surface area contributed by atoms with Crippen molar-refractivity contribution in [2.75, 3.05) is 6.54 Å². The van der Waals surface area contributed by atoms with Gasteiger partial charge in [-0.2, -0.15) is 0 Å². The van der Waals surface area contributed by atoms with Gasteiger partial charge in [-0.3, -0.25) is 4.79 Å². The van der Waals surface area contributed by atoms with Gasteiger partial charge in [-0.25, -0.2) is 4.39 Å². The highest BCUT2D eigenvalue weighted by Crippen LogP contribution is 2.13. The Balaban J connectivity index is 2.51. The Bertz CT molecular complexity index is 381. The Morgan fingerprint density at radius 2 is 2.06 bits per heavy atom. The molecular weight excluding hydrogens is 285 g/mol. The average molecular weight is 302 g/mol. The molecule has 0 saturated heterocycles. The van der Waals surface area contributed by atoms with Crippen LogP contribution in [-0.4, -0.2) is 17.3 Å². The molecule has 1 aromatic rings. The minimum atomic E-state index is -0.391. The predicted molar refractivity (Wildman–Crippen MR) is 70.7 cm³/mol. The van der Waals surface area contributed by atoms with Crippen molar-refractivity contribution < 1.29 is 9.18 Å². The van der Waals surface area contributed by atoms with Crippen LogP contribution in [-0.2, 0) is 11.2 Å². The molecule has 94 valence electrons. The lowest BCUT2D eigenvalue weighted by atomic mass is 10.1. The molecule has 0 radical (unpaired) electrons. The van der Waals surface area contributed by atoms with Gasteiger partial charge >= 0.3 is 0 Å². The highest BCUT2D eigenvalue weighted by Gasteiger charge is 2.16. The molecule has 17 heavy (non-hydrogen) atoms. The fourth-order valence-corrected chi connectivity index (χ4v) is 1.88. The van der Waals surface area contributed by atoms with Crippen molar-refractivity contribution >= 4 is 21.8 Å². The van der Waals surface area contributed by atoms with Crippen LogP contribution < -0.4 is 5.32 Å². The lowest BCUT2D eigenvalue weighted by Gasteiger charge is -2.12. The first-order chi connectivity index (χ1) is 8.00. The second kappa shape index (κ2) is 6.74. The molecule has 1 unspecified atom stereocenters. The Morgan fingerprint density at radius 3 is 2.65 bits per heavy atom. The minimum Gasteiger partial charge on any atom is -0.355 e. The van der Waals surface area contributed by atoms with Crippen LogP contribution in [0, 0.1) is 11.7 Å². The summed E-state index contributed by atoms with van der Waals surface area (Å²) in [6.07, 6.45) is 0.358. The summed E-state index contributed by atoms with van der Waals surface area (Å²) in [7, 11) is 0. The van der Waals surface area contributed by atoms with E-state index < -0.39 is 4.83 Å². The molecule has 4 heteroatoms. The third-order valence-electron chi connectivity index (χ3n) is 2.33. The molecule has 1 aromatic carbocycles. The van der Waals surface area contributed by atoms with Crippen molar-refractivity contribution in [1.82, 2.24) is 5.32 Å². The molecule has 0 aliphatic rings. The highest BCUT2D eigenvalue weighted by molar-refractivity contribution is 9.10. The van der Waals surface area contributed by atoms with E-state index >= 15 is 0 Å². The van der Waals surface area contributed by atoms with E-state index in [-0.39, 0.29) is 11.7 Å². The zero-order valence-electron chi connectivity index (χ0n) is 10.0. The molecule has 1 rings (SSSR count). The molecule has 0 spiro atoms. The number of halogens is 2. The van der Waals surface area contributed by atoms with Gasteiger partial charge in [0, 0.05) is 6.54 Å². The second-order valence-electron chi connectivity index (χ2n) is 4.40. The topological polar surface area (TPSA) is 29.1 Å². The monoisotopic (exact) mass is 301 g/mol. The van der Waals surface area contributed by atoms with Gasteiger partial charge in [0.2, 0.25) is 5.91 Å². The molecule has 1 amide bonds. The highest BCUT2D eigenvalue weighted by atomic mass is 79.9. The summed E-state index contributed by atoms with van der Waals surface area (Å²) in [5, 5.41) is 2.81. The summed E-state index contributed by atoms with van der Waals surface area (Å²) in [5.41, 5.74) is 0.550. The number of alkyl halides is 1. The van der Waals surface area contributed by atoms with Crippen LogP contribution in [0.25, 0.3) is 0 Å². The number of hydrogen-bond acceptors (Lipinski definition) is 1. The Kier molecular flexibility index (Phi) is 5.62. The lowest BCUT2D eigenvalue weighted by molar-refractivity contribution is -0.120. The standard InChI is InChI=1S/C13H17BrFNO/c1-9(2)8-16-13(17)11(14)7-10-5-3-4-6-12(10)15/h3-6,9,11H,7-8H2,1-2H3,(H,16,17). The van der Waals surface area contributed by atoms with Crippen LogP contribution >= 0.6 is 15.9 Å². The molecule has 0 heterocycles. The van der Waals surface area contributed by atoms with Crippen molar-refractivity contribution in [2.24, 2.45) is 5.92 Å². The first-order valence-electron chi connectivity index (χ1n) is 5.66. The fraction of sp³-hybridized carbons (Fsp3) is 0.462. The quantitative estimate of drug-likeness (QED) is 0.833. The third-order valence-corrected chi connectivity index (χ3v) is 3.07. The first kappa shape index (κ1) is 14.2. The van der Waals surface area contributed by atoms with Gasteiger partial charge < -0.3 is 5.32 Å². The minimum absolute atomic E-state index is 0.0954. The van der Waals surface area contributed by atoms with Gasteiger partial charge in [0.1, 0.15) is 5.82 Å². The Labute approximate surface area is 110 Å². The number of nitrogens with one attached hydrogen (secondary N) is 1. The van der Waals surface area contributed by atoms with E-state index in [1.54, 1.807) is 18.2 Å². The fourth-order valence-electron chi connectivity index (χ4n) is 1.37. The van der Waals surface area contributed by atoms with Gasteiger partial charge in [-0.05, 0) is 24.0 Å². The van der Waals surface area contributed by atoms with Crippen molar-refractivity contribution in [3.8, 4) is 0 Å². The molecule has 2 nitrogen and oxygen atoms in total. The average Bonchev–Trinajstić information content (AvgIpc) is 2.28. The lowest BCUT2D eigenvalue weighted by Crippen LogP contribution is -2.34. The van der Waals surface area contributed by atoms with Crippen LogP contribution in [0.5, 0.6) is 0 Å². The zero-order chi connectivity index (χ0) is 12.8. The van der Waals surface area contributed by atoms with Gasteiger partial charge in [-0.15, -0.1) is 0 Å². The van der Waals surface area contributed by atoms with E-state index in [1.165, 1.54) is 6.07 Å². The first-order valence-corrected chi connectivity index (χ1v) is 6.57. The number of amides is 1. The van der Waals surface area contributed by atoms with Crippen molar-refractivity contribution in [3.05, 3.63) is 35.6 Å². The molecule has 0 saturated carbocycles. The van der Waals surface area contributed by atoms with Crippen LogP contribution in [0.15, 0.2) is 24.3 Å². The smallest absolute Gasteiger partial charge is 0.234 e. The van der Waals surface area contributed by atoms with Crippen molar-refractivity contribution in [3.63, 3.8) is 0 Å². The Hall–Kier alpha value is -0.900. The van der Waals surface area contributed by atoms with E-state index in [4.69, 9.17) is 0 Å². The van der Waals surface area contributed by atoms with Crippen LogP contribution in [0.3, 0.4) is 0 Å². The van der Waals surface area contributed by atoms with E-state index in [0.29, 0.717) is 24.4 Å². The molecule has 0 fully saturated rings. The maximum atomic E-state index is 13.4. The van der Waals surface area contributed by atoms with E-state index in [0.717, 1.165) is 0 Å². The van der Waals surface area contributed by atoms with Crippen LogP contribution in [0.1, 0.15) is 19.4 Å². The van der Waals surface area contributed by atoms with E-state index in [2.05, 4.69) is 21.2 Å². The summed E-state index contributed by atoms with van der Waals surface area (Å²) >= 11 is 3.29. The number of rotatable bonds is 5. The van der Waals surface area contributed by atoms with Crippen LogP contribution in [0.2, 0.25) is 0 Å². The number of carbonyl (C=O) groups is 1. The molecule has 0 aliphatic carbocycles. The molecule has 0 aliphatic heterocycles. The summed E-state index contributed by atoms with van der Waals surface area (Å²) in [6.45, 7) is 4.69. The molecule has 0 bridgehead atoms. The normalized spacial score (nSPS) is 12.5. The number of hydrogen-bond donors (Lipinski definition) is 1. The largest absolute Gasteiger partial charge is 0.355 e. The predicted octanol–water partition coefficient (Wildman–Crippen LogP) is 2.90. The second-order valence-corrected chi connectivity index (χ2v) is 5.51. The molecule has 1 N–H and O–H groups in total. The van der Waals surface area contributed by atoms with Crippen molar-refractivity contribution in [1.29, 1.82) is 0 Å². The third kappa shape index (κ3) is 4.86.